The zero-order chi connectivity index (χ0) is 18.8. The van der Waals surface area contributed by atoms with Gasteiger partial charge in [-0.25, -0.2) is 0 Å². The van der Waals surface area contributed by atoms with Crippen molar-refractivity contribution in [2.45, 2.75) is 90.9 Å². The molecular weight excluding hydrogens is 316 g/mol. The van der Waals surface area contributed by atoms with Gasteiger partial charge in [-0.2, -0.15) is 0 Å². The highest BCUT2D eigenvalue weighted by Gasteiger charge is 2.08. The second-order valence-corrected chi connectivity index (χ2v) is 6.95. The fourth-order valence-electron chi connectivity index (χ4n) is 2.99. The summed E-state index contributed by atoms with van der Waals surface area (Å²) in [5, 5.41) is 11.8. The van der Waals surface area contributed by atoms with Crippen molar-refractivity contribution in [3.05, 3.63) is 0 Å². The lowest BCUT2D eigenvalue weighted by Gasteiger charge is -2.19. The van der Waals surface area contributed by atoms with Gasteiger partial charge in [0.2, 0.25) is 5.91 Å². The second kappa shape index (κ2) is 17.7. The van der Waals surface area contributed by atoms with Crippen molar-refractivity contribution in [1.29, 1.82) is 0 Å². The van der Waals surface area contributed by atoms with Gasteiger partial charge in [0.05, 0.1) is 6.54 Å². The molecule has 0 unspecified atom stereocenters. The maximum absolute atomic E-state index is 11.8. The Labute approximate surface area is 154 Å². The minimum Gasteiger partial charge on any atom is -0.480 e. The summed E-state index contributed by atoms with van der Waals surface area (Å²) in [7, 11) is 0. The van der Waals surface area contributed by atoms with E-state index in [9.17, 15) is 9.59 Å². The molecule has 0 heterocycles. The lowest BCUT2D eigenvalue weighted by atomic mass is 10.1. The van der Waals surface area contributed by atoms with Gasteiger partial charge in [-0.15, -0.1) is 0 Å². The minimum absolute atomic E-state index is 0.0836. The normalized spacial score (nSPS) is 11.0. The predicted molar refractivity (Wildman–Crippen MR) is 104 cm³/mol. The monoisotopic (exact) mass is 356 g/mol. The summed E-state index contributed by atoms with van der Waals surface area (Å²) < 4.78 is 0. The number of amides is 1. The average Bonchev–Trinajstić information content (AvgIpc) is 2.57. The summed E-state index contributed by atoms with van der Waals surface area (Å²) in [4.78, 5) is 24.5. The maximum atomic E-state index is 11.8. The number of nitrogens with zero attached hydrogens (tertiary/aromatic N) is 1. The van der Waals surface area contributed by atoms with E-state index in [-0.39, 0.29) is 12.5 Å². The van der Waals surface area contributed by atoms with Crippen LogP contribution in [-0.4, -0.2) is 48.1 Å². The molecule has 0 aliphatic heterocycles. The number of hydrogen-bond donors (Lipinski definition) is 2. The Hall–Kier alpha value is -1.10. The first kappa shape index (κ1) is 23.9. The van der Waals surface area contributed by atoms with Crippen molar-refractivity contribution in [1.82, 2.24) is 10.2 Å². The highest BCUT2D eigenvalue weighted by Crippen LogP contribution is 2.10. The Morgan fingerprint density at radius 2 is 1.40 bits per heavy atom. The predicted octanol–water partition coefficient (Wildman–Crippen LogP) is 4.21. The van der Waals surface area contributed by atoms with Crippen molar-refractivity contribution in [3.8, 4) is 0 Å². The smallest absolute Gasteiger partial charge is 0.317 e. The zero-order valence-corrected chi connectivity index (χ0v) is 16.5. The van der Waals surface area contributed by atoms with E-state index >= 15 is 0 Å². The minimum atomic E-state index is -0.789. The number of carboxylic acids is 1. The van der Waals surface area contributed by atoms with Crippen LogP contribution >= 0.6 is 0 Å². The van der Waals surface area contributed by atoms with Gasteiger partial charge in [0.15, 0.2) is 0 Å². The van der Waals surface area contributed by atoms with Crippen molar-refractivity contribution >= 4 is 11.9 Å². The van der Waals surface area contributed by atoms with Crippen LogP contribution in [0.2, 0.25) is 0 Å². The summed E-state index contributed by atoms with van der Waals surface area (Å²) in [5.74, 6) is -0.661. The van der Waals surface area contributed by atoms with Crippen LogP contribution in [0.5, 0.6) is 0 Å². The van der Waals surface area contributed by atoms with Crippen molar-refractivity contribution in [2.75, 3.05) is 26.2 Å². The molecule has 25 heavy (non-hydrogen) atoms. The van der Waals surface area contributed by atoms with E-state index in [1.165, 1.54) is 44.9 Å². The molecule has 2 N–H and O–H groups in total. The van der Waals surface area contributed by atoms with Gasteiger partial charge in [0.1, 0.15) is 0 Å². The van der Waals surface area contributed by atoms with E-state index in [0.29, 0.717) is 13.0 Å². The van der Waals surface area contributed by atoms with Gasteiger partial charge < -0.3 is 10.4 Å². The number of unbranched alkanes of at least 4 members (excludes halogenated alkanes) is 8. The molecular formula is C20H40N2O3. The third kappa shape index (κ3) is 17.5. The van der Waals surface area contributed by atoms with Crippen LogP contribution in [-0.2, 0) is 9.59 Å². The molecule has 0 aliphatic carbocycles. The van der Waals surface area contributed by atoms with Gasteiger partial charge in [-0.1, -0.05) is 65.2 Å². The first-order chi connectivity index (χ1) is 12.1. The van der Waals surface area contributed by atoms with E-state index < -0.39 is 5.97 Å². The third-order valence-corrected chi connectivity index (χ3v) is 4.38. The lowest BCUT2D eigenvalue weighted by Crippen LogP contribution is -2.33. The van der Waals surface area contributed by atoms with Crippen LogP contribution in [0.4, 0.5) is 0 Å². The SMILES string of the molecule is CCCCCCCCCCCC(=O)NCCCN(CCC)CC(=O)O. The molecule has 0 aromatic carbocycles. The molecule has 0 aromatic rings. The van der Waals surface area contributed by atoms with Crippen LogP contribution in [0, 0.1) is 0 Å². The summed E-state index contributed by atoms with van der Waals surface area (Å²) >= 11 is 0. The van der Waals surface area contributed by atoms with E-state index in [1.807, 2.05) is 11.8 Å². The molecule has 0 atom stereocenters. The Kier molecular flexibility index (Phi) is 16.9. The molecule has 148 valence electrons. The Balaban J connectivity index is 3.47. The first-order valence-corrected chi connectivity index (χ1v) is 10.3. The molecule has 0 bridgehead atoms. The van der Waals surface area contributed by atoms with Crippen LogP contribution in [0.15, 0.2) is 0 Å². The van der Waals surface area contributed by atoms with Crippen molar-refractivity contribution < 1.29 is 14.7 Å². The molecule has 0 saturated carbocycles. The number of carboxylic acid groups (broad SMARTS) is 1. The molecule has 0 rings (SSSR count). The Bertz CT molecular complexity index is 335. The number of nitrogens with one attached hydrogen (secondary N) is 1. The number of carbonyl (C=O) groups is 2. The molecule has 0 fully saturated rings. The number of hydrogen-bond acceptors (Lipinski definition) is 3. The van der Waals surface area contributed by atoms with E-state index in [0.717, 1.165) is 38.8 Å². The fraction of sp³-hybridized carbons (Fsp3) is 0.900. The van der Waals surface area contributed by atoms with Gasteiger partial charge >= 0.3 is 5.97 Å². The summed E-state index contributed by atoms with van der Waals surface area (Å²) in [6.07, 6.45) is 13.7. The molecule has 1 amide bonds. The number of aliphatic carboxylic acids is 1. The average molecular weight is 357 g/mol. The van der Waals surface area contributed by atoms with Gasteiger partial charge in [-0.05, 0) is 25.8 Å². The van der Waals surface area contributed by atoms with Crippen molar-refractivity contribution in [2.24, 2.45) is 0 Å². The second-order valence-electron chi connectivity index (χ2n) is 6.95. The quantitative estimate of drug-likeness (QED) is 0.361. The molecule has 5 nitrogen and oxygen atoms in total. The van der Waals surface area contributed by atoms with Gasteiger partial charge in [0, 0.05) is 19.5 Å². The maximum Gasteiger partial charge on any atom is 0.317 e. The van der Waals surface area contributed by atoms with Crippen molar-refractivity contribution in [3.63, 3.8) is 0 Å². The van der Waals surface area contributed by atoms with E-state index in [2.05, 4.69) is 12.2 Å². The van der Waals surface area contributed by atoms with E-state index in [1.54, 1.807) is 0 Å². The van der Waals surface area contributed by atoms with Gasteiger partial charge in [-0.3, -0.25) is 14.5 Å². The summed E-state index contributed by atoms with van der Waals surface area (Å²) in [6, 6.07) is 0. The molecule has 5 heteroatoms. The standard InChI is InChI=1S/C20H40N2O3/c1-3-5-6-7-8-9-10-11-12-14-19(23)21-15-13-17-22(16-4-2)18-20(24)25/h3-18H2,1-2H3,(H,21,23)(H,24,25). The largest absolute Gasteiger partial charge is 0.480 e. The fourth-order valence-corrected chi connectivity index (χ4v) is 2.99. The van der Waals surface area contributed by atoms with Crippen LogP contribution in [0.3, 0.4) is 0 Å². The van der Waals surface area contributed by atoms with Gasteiger partial charge in [0.25, 0.3) is 0 Å². The highest BCUT2D eigenvalue weighted by molar-refractivity contribution is 5.75. The third-order valence-electron chi connectivity index (χ3n) is 4.38. The topological polar surface area (TPSA) is 69.6 Å². The molecule has 0 saturated heterocycles. The molecule has 0 aliphatic rings. The summed E-state index contributed by atoms with van der Waals surface area (Å²) in [5.41, 5.74) is 0. The highest BCUT2D eigenvalue weighted by atomic mass is 16.4. The van der Waals surface area contributed by atoms with Crippen LogP contribution < -0.4 is 5.32 Å². The molecule has 0 aromatic heterocycles. The summed E-state index contributed by atoms with van der Waals surface area (Å²) in [6.45, 7) is 6.51. The van der Waals surface area contributed by atoms with E-state index in [4.69, 9.17) is 5.11 Å². The van der Waals surface area contributed by atoms with Crippen LogP contribution in [0.25, 0.3) is 0 Å². The van der Waals surface area contributed by atoms with Crippen LogP contribution in [0.1, 0.15) is 90.9 Å². The lowest BCUT2D eigenvalue weighted by molar-refractivity contribution is -0.138. The first-order valence-electron chi connectivity index (χ1n) is 10.3. The molecule has 0 spiro atoms. The molecule has 0 radical (unpaired) electrons. The number of carbonyl (C=O) groups excluding carboxylic acids is 1. The Morgan fingerprint density at radius 1 is 0.800 bits per heavy atom. The zero-order valence-electron chi connectivity index (χ0n) is 16.5. The number of rotatable bonds is 18. The Morgan fingerprint density at radius 3 is 1.96 bits per heavy atom.